The van der Waals surface area contributed by atoms with E-state index in [4.69, 9.17) is 4.42 Å². The number of carbonyl (C=O) groups excluding carboxylic acids is 1. The van der Waals surface area contributed by atoms with Gasteiger partial charge in [0.2, 0.25) is 11.7 Å². The molecule has 0 aliphatic heterocycles. The molecule has 1 N–H and O–H groups in total. The van der Waals surface area contributed by atoms with Crippen LogP contribution in [0.25, 0.3) is 11.1 Å². The van der Waals surface area contributed by atoms with Gasteiger partial charge in [-0.2, -0.15) is 13.2 Å². The molecule has 1 saturated carbocycles. The molecule has 41 heavy (non-hydrogen) atoms. The van der Waals surface area contributed by atoms with Gasteiger partial charge >= 0.3 is 12.1 Å². The van der Waals surface area contributed by atoms with Gasteiger partial charge in [0.1, 0.15) is 5.76 Å². The summed E-state index contributed by atoms with van der Waals surface area (Å²) in [5.74, 6) is -2.32. The van der Waals surface area contributed by atoms with Gasteiger partial charge < -0.3 is 14.4 Å². The van der Waals surface area contributed by atoms with Crippen molar-refractivity contribution in [1.82, 2.24) is 4.90 Å². The Morgan fingerprint density at radius 1 is 0.902 bits per heavy atom. The van der Waals surface area contributed by atoms with Crippen molar-refractivity contribution in [3.05, 3.63) is 83.3 Å². The van der Waals surface area contributed by atoms with Crippen LogP contribution >= 0.6 is 0 Å². The van der Waals surface area contributed by atoms with Crippen molar-refractivity contribution in [1.29, 1.82) is 0 Å². The third kappa shape index (κ3) is 6.36. The monoisotopic (exact) mass is 569 g/mol. The molecule has 1 aromatic heterocycles. The number of hydrogen-bond donors (Lipinski definition) is 1. The number of nitrogens with zero attached hydrogens (tertiary/aromatic N) is 1. The molecule has 1 aliphatic carbocycles. The van der Waals surface area contributed by atoms with Crippen molar-refractivity contribution in [3.63, 3.8) is 0 Å². The molecular weight excluding hydrogens is 531 g/mol. The van der Waals surface area contributed by atoms with E-state index in [0.29, 0.717) is 5.56 Å². The predicted octanol–water partition coefficient (Wildman–Crippen LogP) is 8.32. The van der Waals surface area contributed by atoms with Crippen LogP contribution in [-0.4, -0.2) is 21.9 Å². The quantitative estimate of drug-likeness (QED) is 0.296. The van der Waals surface area contributed by atoms with E-state index in [1.165, 1.54) is 6.07 Å². The number of rotatable bonds is 8. The van der Waals surface area contributed by atoms with Gasteiger partial charge in [-0.1, -0.05) is 76.2 Å². The average molecular weight is 570 g/mol. The molecule has 220 valence electrons. The number of hydrogen-bond acceptors (Lipinski definition) is 3. The molecule has 0 bridgehead atoms. The van der Waals surface area contributed by atoms with Crippen LogP contribution in [0.15, 0.2) is 65.1 Å². The molecule has 3 aromatic rings. The maximum atomic E-state index is 14.1. The minimum absolute atomic E-state index is 0.0776. The van der Waals surface area contributed by atoms with Gasteiger partial charge in [0.05, 0.1) is 12.0 Å². The van der Waals surface area contributed by atoms with E-state index >= 15 is 0 Å². The topological polar surface area (TPSA) is 70.8 Å². The Balaban J connectivity index is 1.63. The zero-order chi connectivity index (χ0) is 30.4. The highest BCUT2D eigenvalue weighted by Gasteiger charge is 2.52. The van der Waals surface area contributed by atoms with E-state index in [-0.39, 0.29) is 41.5 Å². The number of carboxylic acid groups (broad SMARTS) is 1. The van der Waals surface area contributed by atoms with Gasteiger partial charge in [0.25, 0.3) is 0 Å². The fraction of sp³-hybridized carbons (Fsp3) is 0.455. The zero-order valence-corrected chi connectivity index (χ0v) is 24.4. The Bertz CT molecular complexity index is 1400. The molecule has 1 fully saturated rings. The minimum atomic E-state index is -4.60. The van der Waals surface area contributed by atoms with Crippen molar-refractivity contribution in [2.75, 3.05) is 0 Å². The second kappa shape index (κ2) is 10.7. The first kappa shape index (κ1) is 30.4. The minimum Gasteiger partial charge on any atom is -0.481 e. The number of amides is 1. The Morgan fingerprint density at radius 2 is 1.51 bits per heavy atom. The lowest BCUT2D eigenvalue weighted by Crippen LogP contribution is -2.44. The molecule has 2 aromatic carbocycles. The Hall–Kier alpha value is -3.55. The zero-order valence-electron chi connectivity index (χ0n) is 24.4. The van der Waals surface area contributed by atoms with Crippen LogP contribution in [0.3, 0.4) is 0 Å². The van der Waals surface area contributed by atoms with Crippen LogP contribution < -0.4 is 0 Å². The van der Waals surface area contributed by atoms with Gasteiger partial charge in [-0.05, 0) is 71.9 Å². The summed E-state index contributed by atoms with van der Waals surface area (Å²) in [7, 11) is 0. The first-order valence-electron chi connectivity index (χ1n) is 13.8. The summed E-state index contributed by atoms with van der Waals surface area (Å²) in [5, 5.41) is 9.62. The number of furan rings is 1. The molecule has 1 amide bonds. The fourth-order valence-electron chi connectivity index (χ4n) is 6.09. The van der Waals surface area contributed by atoms with Crippen molar-refractivity contribution < 1.29 is 32.3 Å². The molecule has 0 unspecified atom stereocenters. The lowest BCUT2D eigenvalue weighted by atomic mass is 9.71. The first-order valence-corrected chi connectivity index (χ1v) is 13.8. The van der Waals surface area contributed by atoms with Crippen LogP contribution in [0, 0.1) is 16.7 Å². The smallest absolute Gasteiger partial charge is 0.449 e. The van der Waals surface area contributed by atoms with E-state index in [9.17, 15) is 27.9 Å². The average Bonchev–Trinajstić information content (AvgIpc) is 3.45. The van der Waals surface area contributed by atoms with E-state index in [1.807, 2.05) is 42.5 Å². The van der Waals surface area contributed by atoms with E-state index in [0.717, 1.165) is 35.6 Å². The molecular formula is C33H38F3NO4. The van der Waals surface area contributed by atoms with Crippen molar-refractivity contribution in [2.24, 2.45) is 16.7 Å². The molecule has 5 nitrogen and oxygen atoms in total. The highest BCUT2D eigenvalue weighted by atomic mass is 19.4. The number of carbonyl (C=O) groups is 2. The summed E-state index contributed by atoms with van der Waals surface area (Å²) in [6.45, 7) is 11.7. The van der Waals surface area contributed by atoms with Crippen molar-refractivity contribution in [3.8, 4) is 11.1 Å². The third-order valence-corrected chi connectivity index (χ3v) is 8.60. The number of halogens is 3. The van der Waals surface area contributed by atoms with Gasteiger partial charge in [-0.25, -0.2) is 0 Å². The van der Waals surface area contributed by atoms with Crippen LogP contribution in [0.1, 0.15) is 77.0 Å². The molecule has 1 aliphatic rings. The Morgan fingerprint density at radius 3 is 2.05 bits per heavy atom. The Kier molecular flexibility index (Phi) is 7.93. The summed E-state index contributed by atoms with van der Waals surface area (Å²) >= 11 is 0. The molecule has 0 saturated heterocycles. The summed E-state index contributed by atoms with van der Waals surface area (Å²) in [6, 6.07) is 17.2. The molecule has 0 spiro atoms. The largest absolute Gasteiger partial charge is 0.481 e. The molecule has 1 heterocycles. The van der Waals surface area contributed by atoms with E-state index < -0.39 is 23.3 Å². The second-order valence-corrected chi connectivity index (χ2v) is 13.1. The van der Waals surface area contributed by atoms with Crippen LogP contribution in [0.2, 0.25) is 0 Å². The SMILES string of the molecule is CC(C)(C(=O)O)c1cccc(-c2ccc(CN(Cc3ccc(C(F)(F)F)o3)C(=O)C3C(C)(C)CCC3(C)C)cc2)c1. The summed E-state index contributed by atoms with van der Waals surface area (Å²) in [5.41, 5.74) is 1.70. The number of aliphatic carboxylic acids is 1. The standard InChI is InChI=1S/C33H38F3NO4/c1-30(2)16-17-31(3,4)27(30)28(38)37(20-25-14-15-26(41-25)33(34,35)36)19-21-10-12-22(13-11-21)23-8-7-9-24(18-23)32(5,6)29(39)40/h7-15,18,27H,16-17,19-20H2,1-6H3,(H,39,40). The van der Waals surface area contributed by atoms with Gasteiger partial charge in [0, 0.05) is 12.5 Å². The van der Waals surface area contributed by atoms with Crippen LogP contribution in [0.4, 0.5) is 13.2 Å². The molecule has 8 heteroatoms. The highest BCUT2D eigenvalue weighted by molar-refractivity contribution is 5.82. The number of benzene rings is 2. The van der Waals surface area contributed by atoms with Gasteiger partial charge in [0.15, 0.2) is 0 Å². The van der Waals surface area contributed by atoms with Crippen molar-refractivity contribution >= 4 is 11.9 Å². The maximum absolute atomic E-state index is 14.1. The number of alkyl halides is 3. The molecule has 0 atom stereocenters. The molecule has 0 radical (unpaired) electrons. The summed E-state index contributed by atoms with van der Waals surface area (Å²) in [6.07, 6.45) is -2.83. The first-order chi connectivity index (χ1) is 18.9. The lowest BCUT2D eigenvalue weighted by Gasteiger charge is -2.38. The van der Waals surface area contributed by atoms with E-state index in [1.54, 1.807) is 24.8 Å². The Labute approximate surface area is 239 Å². The van der Waals surface area contributed by atoms with Crippen LogP contribution in [0.5, 0.6) is 0 Å². The number of carboxylic acids is 1. The third-order valence-electron chi connectivity index (χ3n) is 8.60. The summed E-state index contributed by atoms with van der Waals surface area (Å²) < 4.78 is 44.7. The van der Waals surface area contributed by atoms with Crippen LogP contribution in [-0.2, 0) is 34.3 Å². The normalized spacial score (nSPS) is 17.0. The predicted molar refractivity (Wildman–Crippen MR) is 151 cm³/mol. The highest BCUT2D eigenvalue weighted by Crippen LogP contribution is 2.54. The summed E-state index contributed by atoms with van der Waals surface area (Å²) in [4.78, 5) is 27.4. The van der Waals surface area contributed by atoms with Gasteiger partial charge in [-0.15, -0.1) is 0 Å². The van der Waals surface area contributed by atoms with Crippen molar-refractivity contribution in [2.45, 2.75) is 79.1 Å². The fourth-order valence-corrected chi connectivity index (χ4v) is 6.09. The van der Waals surface area contributed by atoms with Gasteiger partial charge in [-0.3, -0.25) is 9.59 Å². The van der Waals surface area contributed by atoms with E-state index in [2.05, 4.69) is 27.7 Å². The maximum Gasteiger partial charge on any atom is 0.449 e. The lowest BCUT2D eigenvalue weighted by molar-refractivity contribution is -0.153. The molecule has 4 rings (SSSR count). The second-order valence-electron chi connectivity index (χ2n) is 13.1.